The van der Waals surface area contributed by atoms with Crippen molar-refractivity contribution in [2.24, 2.45) is 0 Å². The predicted octanol–water partition coefficient (Wildman–Crippen LogP) is 3.98. The zero-order valence-corrected chi connectivity index (χ0v) is 15.0. The molecule has 26 heavy (non-hydrogen) atoms. The van der Waals surface area contributed by atoms with Crippen LogP contribution in [0.2, 0.25) is 0 Å². The molecule has 2 atom stereocenters. The number of carbonyl (C=O) groups excluding carboxylic acids is 1. The van der Waals surface area contributed by atoms with Crippen LogP contribution in [0.25, 0.3) is 0 Å². The molecule has 1 aliphatic rings. The molecule has 1 fully saturated rings. The number of likely N-dealkylation sites (tertiary alicyclic amines) is 1. The summed E-state index contributed by atoms with van der Waals surface area (Å²) < 4.78 is 17.1. The molecule has 0 spiro atoms. The van der Waals surface area contributed by atoms with E-state index in [0.29, 0.717) is 13.2 Å². The number of ether oxygens (including phenoxy) is 3. The van der Waals surface area contributed by atoms with Crippen molar-refractivity contribution in [3.05, 3.63) is 71.8 Å². The number of rotatable bonds is 6. The second kappa shape index (κ2) is 9.36. The number of benzene rings is 2. The van der Waals surface area contributed by atoms with Crippen LogP contribution in [0.15, 0.2) is 60.7 Å². The van der Waals surface area contributed by atoms with Crippen molar-refractivity contribution in [1.82, 2.24) is 4.90 Å². The van der Waals surface area contributed by atoms with Crippen LogP contribution in [0.5, 0.6) is 0 Å². The van der Waals surface area contributed by atoms with Crippen molar-refractivity contribution in [1.29, 1.82) is 0 Å². The van der Waals surface area contributed by atoms with Crippen LogP contribution in [-0.2, 0) is 27.4 Å². The smallest absolute Gasteiger partial charge is 0.412 e. The second-order valence-electron chi connectivity index (χ2n) is 6.34. The van der Waals surface area contributed by atoms with Gasteiger partial charge >= 0.3 is 6.09 Å². The summed E-state index contributed by atoms with van der Waals surface area (Å²) in [6, 6.07) is 19.7. The van der Waals surface area contributed by atoms with Gasteiger partial charge in [-0.1, -0.05) is 60.7 Å². The number of hydrogen-bond donors (Lipinski definition) is 0. The lowest BCUT2D eigenvalue weighted by atomic mass is 10.1. The first kappa shape index (κ1) is 18.4. The Morgan fingerprint density at radius 3 is 2.23 bits per heavy atom. The van der Waals surface area contributed by atoms with E-state index in [1.807, 2.05) is 60.7 Å². The number of methoxy groups -OCH3 is 1. The third-order valence-electron chi connectivity index (χ3n) is 4.50. The molecule has 1 saturated heterocycles. The topological polar surface area (TPSA) is 48.0 Å². The molecule has 3 rings (SSSR count). The Morgan fingerprint density at radius 1 is 1.00 bits per heavy atom. The van der Waals surface area contributed by atoms with Gasteiger partial charge in [0.05, 0.1) is 6.61 Å². The molecule has 0 aliphatic carbocycles. The van der Waals surface area contributed by atoms with Crippen LogP contribution in [0, 0.1) is 0 Å². The van der Waals surface area contributed by atoms with E-state index in [2.05, 4.69) is 0 Å². The quantitative estimate of drug-likeness (QED) is 0.786. The minimum absolute atomic E-state index is 0.168. The predicted molar refractivity (Wildman–Crippen MR) is 98.4 cm³/mol. The number of amides is 1. The van der Waals surface area contributed by atoms with E-state index >= 15 is 0 Å². The fourth-order valence-electron chi connectivity index (χ4n) is 3.15. The summed E-state index contributed by atoms with van der Waals surface area (Å²) in [5, 5.41) is 0. The van der Waals surface area contributed by atoms with Crippen LogP contribution in [0.1, 0.15) is 24.0 Å². The Balaban J connectivity index is 1.57. The Bertz CT molecular complexity index is 677. The zero-order valence-electron chi connectivity index (χ0n) is 15.0. The van der Waals surface area contributed by atoms with Crippen molar-refractivity contribution in [2.75, 3.05) is 13.7 Å². The summed E-state index contributed by atoms with van der Waals surface area (Å²) in [6.07, 6.45) is 0.746. The van der Waals surface area contributed by atoms with Crippen molar-refractivity contribution >= 4 is 6.09 Å². The summed E-state index contributed by atoms with van der Waals surface area (Å²) in [4.78, 5) is 14.2. The minimum atomic E-state index is -0.435. The monoisotopic (exact) mass is 355 g/mol. The Kier molecular flexibility index (Phi) is 6.63. The normalized spacial score (nSPS) is 20.0. The molecule has 0 radical (unpaired) electrons. The van der Waals surface area contributed by atoms with E-state index in [0.717, 1.165) is 24.0 Å². The molecule has 5 heteroatoms. The van der Waals surface area contributed by atoms with E-state index in [-0.39, 0.29) is 18.8 Å². The maximum atomic E-state index is 12.5. The van der Waals surface area contributed by atoms with Gasteiger partial charge in [0.1, 0.15) is 12.7 Å². The van der Waals surface area contributed by atoms with Gasteiger partial charge in [-0.15, -0.1) is 0 Å². The molecular formula is C21H25NO4. The lowest BCUT2D eigenvalue weighted by molar-refractivity contribution is -0.146. The van der Waals surface area contributed by atoms with Crippen LogP contribution >= 0.6 is 0 Å². The summed E-state index contributed by atoms with van der Waals surface area (Å²) in [5.41, 5.74) is 2.06. The molecule has 1 amide bonds. The van der Waals surface area contributed by atoms with Crippen LogP contribution in [0.3, 0.4) is 0 Å². The molecule has 0 aromatic heterocycles. The maximum absolute atomic E-state index is 12.5. The fourth-order valence-corrected chi connectivity index (χ4v) is 3.15. The van der Waals surface area contributed by atoms with Crippen LogP contribution in [-0.4, -0.2) is 37.0 Å². The summed E-state index contributed by atoms with van der Waals surface area (Å²) in [5.74, 6) is 0. The first-order valence-corrected chi connectivity index (χ1v) is 8.93. The van der Waals surface area contributed by atoms with Crippen molar-refractivity contribution in [3.63, 3.8) is 0 Å². The third-order valence-corrected chi connectivity index (χ3v) is 4.50. The highest BCUT2D eigenvalue weighted by molar-refractivity contribution is 5.68. The van der Waals surface area contributed by atoms with E-state index < -0.39 is 6.23 Å². The molecule has 1 heterocycles. The van der Waals surface area contributed by atoms with E-state index in [1.165, 1.54) is 0 Å². The van der Waals surface area contributed by atoms with Gasteiger partial charge < -0.3 is 14.2 Å². The lowest BCUT2D eigenvalue weighted by Gasteiger charge is -2.39. The SMILES string of the molecule is CO[C@@H]1[C@H](OCc2ccccc2)CCCN1C(=O)OCc1ccccc1. The highest BCUT2D eigenvalue weighted by Crippen LogP contribution is 2.23. The third kappa shape index (κ3) is 4.84. The fraction of sp³-hybridized carbons (Fsp3) is 0.381. The lowest BCUT2D eigenvalue weighted by Crippen LogP contribution is -2.52. The molecule has 2 aromatic carbocycles. The van der Waals surface area contributed by atoms with Crippen molar-refractivity contribution < 1.29 is 19.0 Å². The Morgan fingerprint density at radius 2 is 1.62 bits per heavy atom. The molecular weight excluding hydrogens is 330 g/mol. The molecule has 138 valence electrons. The van der Waals surface area contributed by atoms with Gasteiger partial charge in [0.25, 0.3) is 0 Å². The van der Waals surface area contributed by atoms with Gasteiger partial charge in [0, 0.05) is 13.7 Å². The van der Waals surface area contributed by atoms with Crippen LogP contribution in [0.4, 0.5) is 4.79 Å². The molecule has 0 bridgehead atoms. The van der Waals surface area contributed by atoms with E-state index in [4.69, 9.17) is 14.2 Å². The van der Waals surface area contributed by atoms with Gasteiger partial charge in [-0.05, 0) is 24.0 Å². The molecule has 0 saturated carbocycles. The Hall–Kier alpha value is -2.37. The van der Waals surface area contributed by atoms with Gasteiger partial charge in [-0.25, -0.2) is 4.79 Å². The highest BCUT2D eigenvalue weighted by atomic mass is 16.6. The molecule has 2 aromatic rings. The van der Waals surface area contributed by atoms with Gasteiger partial charge in [0.2, 0.25) is 0 Å². The Labute approximate surface area is 154 Å². The number of hydrogen-bond acceptors (Lipinski definition) is 4. The standard InChI is InChI=1S/C21H25NO4/c1-24-20-19(25-15-17-9-4-2-5-10-17)13-8-14-22(20)21(23)26-16-18-11-6-3-7-12-18/h2-7,9-12,19-20H,8,13-16H2,1H3/t19-,20-/m1/s1. The van der Waals surface area contributed by atoms with Gasteiger partial charge in [-0.2, -0.15) is 0 Å². The zero-order chi connectivity index (χ0) is 18.2. The second-order valence-corrected chi connectivity index (χ2v) is 6.34. The first-order valence-electron chi connectivity index (χ1n) is 8.93. The number of carbonyl (C=O) groups is 1. The number of piperidine rings is 1. The van der Waals surface area contributed by atoms with Crippen LogP contribution < -0.4 is 0 Å². The minimum Gasteiger partial charge on any atom is -0.444 e. The largest absolute Gasteiger partial charge is 0.444 e. The number of nitrogens with zero attached hydrogens (tertiary/aromatic N) is 1. The highest BCUT2D eigenvalue weighted by Gasteiger charge is 2.36. The first-order chi connectivity index (χ1) is 12.8. The molecule has 0 N–H and O–H groups in total. The molecule has 1 aliphatic heterocycles. The van der Waals surface area contributed by atoms with Crippen molar-refractivity contribution in [3.8, 4) is 0 Å². The molecule has 5 nitrogen and oxygen atoms in total. The van der Waals surface area contributed by atoms with E-state index in [9.17, 15) is 4.79 Å². The van der Waals surface area contributed by atoms with Crippen molar-refractivity contribution in [2.45, 2.75) is 38.4 Å². The maximum Gasteiger partial charge on any atom is 0.412 e. The average Bonchev–Trinajstić information content (AvgIpc) is 2.71. The summed E-state index contributed by atoms with van der Waals surface area (Å²) >= 11 is 0. The molecule has 0 unspecified atom stereocenters. The van der Waals surface area contributed by atoms with E-state index in [1.54, 1.807) is 12.0 Å². The summed E-state index contributed by atoms with van der Waals surface area (Å²) in [6.45, 7) is 1.36. The van der Waals surface area contributed by atoms with Gasteiger partial charge in [0.15, 0.2) is 6.23 Å². The summed E-state index contributed by atoms with van der Waals surface area (Å²) in [7, 11) is 1.60. The van der Waals surface area contributed by atoms with Gasteiger partial charge in [-0.3, -0.25) is 4.90 Å². The average molecular weight is 355 g/mol.